The molecule has 2 aromatic rings. The van der Waals surface area contributed by atoms with Gasteiger partial charge >= 0.3 is 0 Å². The van der Waals surface area contributed by atoms with Crippen LogP contribution in [-0.2, 0) is 23.1 Å². The Morgan fingerprint density at radius 2 is 1.75 bits per heavy atom. The third kappa shape index (κ3) is 4.53. The van der Waals surface area contributed by atoms with Crippen LogP contribution in [0.5, 0.6) is 0 Å². The molecule has 7 nitrogen and oxygen atoms in total. The summed E-state index contributed by atoms with van der Waals surface area (Å²) >= 11 is 5.48. The Kier molecular flexibility index (Phi) is 6.69. The lowest BCUT2D eigenvalue weighted by Gasteiger charge is -2.33. The fourth-order valence-electron chi connectivity index (χ4n) is 3.37. The molecular weight excluding hydrogens is 394 g/mol. The van der Waals surface area contributed by atoms with E-state index < -0.39 is 10.0 Å². The van der Waals surface area contributed by atoms with Crippen molar-refractivity contribution in [1.29, 1.82) is 0 Å². The number of nitrogens with zero attached hydrogens (tertiary/aromatic N) is 5. The van der Waals surface area contributed by atoms with Crippen LogP contribution in [-0.4, -0.2) is 58.1 Å². The van der Waals surface area contributed by atoms with Crippen LogP contribution >= 0.6 is 12.2 Å². The van der Waals surface area contributed by atoms with Gasteiger partial charge in [-0.05, 0) is 50.2 Å². The molecule has 0 spiro atoms. The zero-order valence-electron chi connectivity index (χ0n) is 16.8. The molecule has 1 saturated heterocycles. The molecule has 28 heavy (non-hydrogen) atoms. The zero-order valence-corrected chi connectivity index (χ0v) is 18.4. The predicted molar refractivity (Wildman–Crippen MR) is 112 cm³/mol. The van der Waals surface area contributed by atoms with Gasteiger partial charge in [0.05, 0.1) is 11.6 Å². The van der Waals surface area contributed by atoms with Crippen LogP contribution in [0.25, 0.3) is 0 Å². The molecule has 2 heterocycles. The van der Waals surface area contributed by atoms with Crippen LogP contribution in [0.1, 0.15) is 38.8 Å². The van der Waals surface area contributed by atoms with E-state index in [1.807, 2.05) is 16.7 Å². The summed E-state index contributed by atoms with van der Waals surface area (Å²) in [5, 5.41) is 4.37. The molecule has 0 atom stereocenters. The van der Waals surface area contributed by atoms with Crippen LogP contribution < -0.4 is 0 Å². The van der Waals surface area contributed by atoms with E-state index in [1.54, 1.807) is 27.4 Å². The molecule has 0 amide bonds. The molecule has 1 aliphatic rings. The Morgan fingerprint density at radius 3 is 2.29 bits per heavy atom. The van der Waals surface area contributed by atoms with Crippen molar-refractivity contribution in [2.45, 2.75) is 51.2 Å². The smallest absolute Gasteiger partial charge is 0.243 e. The van der Waals surface area contributed by atoms with Gasteiger partial charge < -0.3 is 4.57 Å². The molecule has 0 bridgehead atoms. The molecule has 0 unspecified atom stereocenters. The van der Waals surface area contributed by atoms with Crippen LogP contribution in [0.2, 0.25) is 0 Å². The minimum absolute atomic E-state index is 0.270. The number of aromatic nitrogens is 3. The maximum Gasteiger partial charge on any atom is 0.243 e. The monoisotopic (exact) mass is 423 g/mol. The largest absolute Gasteiger partial charge is 0.304 e. The number of rotatable bonds is 7. The van der Waals surface area contributed by atoms with E-state index >= 15 is 0 Å². The third-order valence-corrected chi connectivity index (χ3v) is 7.41. The van der Waals surface area contributed by atoms with Crippen molar-refractivity contribution in [1.82, 2.24) is 23.6 Å². The Labute approximate surface area is 172 Å². The summed E-state index contributed by atoms with van der Waals surface area (Å²) in [5.41, 5.74) is 1.17. The fraction of sp³-hybridized carbons (Fsp3) is 0.579. The number of hydrogen-bond acceptors (Lipinski definition) is 5. The molecule has 0 aliphatic carbocycles. The highest BCUT2D eigenvalue weighted by atomic mass is 32.2. The van der Waals surface area contributed by atoms with E-state index in [0.29, 0.717) is 42.5 Å². The first kappa shape index (κ1) is 21.2. The van der Waals surface area contributed by atoms with Crippen molar-refractivity contribution >= 4 is 22.2 Å². The Bertz CT molecular complexity index is 939. The second-order valence-electron chi connectivity index (χ2n) is 7.47. The van der Waals surface area contributed by atoms with Gasteiger partial charge in [0.15, 0.2) is 4.77 Å². The summed E-state index contributed by atoms with van der Waals surface area (Å²) in [6.45, 7) is 9.09. The second-order valence-corrected chi connectivity index (χ2v) is 9.77. The first-order chi connectivity index (χ1) is 13.3. The van der Waals surface area contributed by atoms with Crippen LogP contribution in [0.15, 0.2) is 35.5 Å². The van der Waals surface area contributed by atoms with Gasteiger partial charge in [0.1, 0.15) is 6.33 Å². The molecule has 1 aromatic heterocycles. The minimum atomic E-state index is -3.45. The number of hydrogen-bond donors (Lipinski definition) is 0. The van der Waals surface area contributed by atoms with E-state index in [0.717, 1.165) is 12.8 Å². The summed E-state index contributed by atoms with van der Waals surface area (Å²) in [7, 11) is -3.45. The van der Waals surface area contributed by atoms with Crippen molar-refractivity contribution in [2.75, 3.05) is 26.2 Å². The van der Waals surface area contributed by atoms with Crippen molar-refractivity contribution in [3.05, 3.63) is 40.9 Å². The third-order valence-electron chi connectivity index (χ3n) is 5.08. The lowest BCUT2D eigenvalue weighted by molar-refractivity contribution is 0.144. The summed E-state index contributed by atoms with van der Waals surface area (Å²) in [5.74, 6) is 0. The zero-order chi connectivity index (χ0) is 20.3. The summed E-state index contributed by atoms with van der Waals surface area (Å²) in [6, 6.07) is 7.56. The fourth-order valence-corrected chi connectivity index (χ4v) is 5.15. The molecule has 1 aliphatic heterocycles. The molecule has 0 saturated carbocycles. The van der Waals surface area contributed by atoms with Gasteiger partial charge in [-0.1, -0.05) is 25.5 Å². The van der Waals surface area contributed by atoms with Gasteiger partial charge in [0.2, 0.25) is 10.0 Å². The number of piperazine rings is 1. The minimum Gasteiger partial charge on any atom is -0.304 e. The molecular formula is C19H29N5O2S2. The van der Waals surface area contributed by atoms with Crippen LogP contribution in [0, 0.1) is 4.77 Å². The topological polar surface area (TPSA) is 63.4 Å². The van der Waals surface area contributed by atoms with Gasteiger partial charge in [0, 0.05) is 32.2 Å². The van der Waals surface area contributed by atoms with Crippen molar-refractivity contribution in [2.24, 2.45) is 0 Å². The standard InChI is InChI=1S/C19H29N5O2S2/c1-4-5-17-6-8-18(9-7-17)28(25,26)22-12-10-21(11-13-22)15-24-19(27)23(14-20-24)16(2)3/h6-9,14,16H,4-5,10-13,15H2,1-3H3. The number of sulfonamides is 1. The molecule has 3 rings (SSSR count). The SMILES string of the molecule is CCCc1ccc(S(=O)(=O)N2CCN(Cn3ncn(C(C)C)c3=S)CC2)cc1. The first-order valence-electron chi connectivity index (χ1n) is 9.78. The van der Waals surface area contributed by atoms with E-state index in [-0.39, 0.29) is 6.04 Å². The highest BCUT2D eigenvalue weighted by Crippen LogP contribution is 2.19. The highest BCUT2D eigenvalue weighted by molar-refractivity contribution is 7.89. The Balaban J connectivity index is 1.62. The van der Waals surface area contributed by atoms with E-state index in [1.165, 1.54) is 5.56 Å². The molecule has 1 fully saturated rings. The van der Waals surface area contributed by atoms with Gasteiger partial charge in [0.25, 0.3) is 0 Å². The van der Waals surface area contributed by atoms with Crippen molar-refractivity contribution in [3.63, 3.8) is 0 Å². The summed E-state index contributed by atoms with van der Waals surface area (Å²) < 4.78 is 31.9. The second kappa shape index (κ2) is 8.86. The molecule has 154 valence electrons. The lowest BCUT2D eigenvalue weighted by atomic mass is 10.1. The normalized spacial score (nSPS) is 16.7. The lowest BCUT2D eigenvalue weighted by Crippen LogP contribution is -2.48. The Hall–Kier alpha value is -1.55. The molecule has 9 heteroatoms. The van der Waals surface area contributed by atoms with Crippen molar-refractivity contribution < 1.29 is 8.42 Å². The van der Waals surface area contributed by atoms with Crippen LogP contribution in [0.4, 0.5) is 0 Å². The van der Waals surface area contributed by atoms with Gasteiger partial charge in [-0.15, -0.1) is 0 Å². The Morgan fingerprint density at radius 1 is 1.11 bits per heavy atom. The van der Waals surface area contributed by atoms with Gasteiger partial charge in [-0.3, -0.25) is 4.90 Å². The molecule has 1 aromatic carbocycles. The van der Waals surface area contributed by atoms with Gasteiger partial charge in [-0.25, -0.2) is 13.1 Å². The quantitative estimate of drug-likeness (QED) is 0.641. The van der Waals surface area contributed by atoms with Gasteiger partial charge in [-0.2, -0.15) is 9.40 Å². The summed E-state index contributed by atoms with van der Waals surface area (Å²) in [4.78, 5) is 2.56. The van der Waals surface area contributed by atoms with Crippen molar-refractivity contribution in [3.8, 4) is 0 Å². The maximum absolute atomic E-state index is 12.9. The number of aryl methyl sites for hydroxylation is 1. The predicted octanol–water partition coefficient (Wildman–Crippen LogP) is 2.91. The van der Waals surface area contributed by atoms with Crippen LogP contribution in [0.3, 0.4) is 0 Å². The molecule has 0 N–H and O–H groups in total. The van der Waals surface area contributed by atoms with E-state index in [4.69, 9.17) is 12.2 Å². The molecule has 0 radical (unpaired) electrons. The van der Waals surface area contributed by atoms with E-state index in [2.05, 4.69) is 30.8 Å². The maximum atomic E-state index is 12.9. The average molecular weight is 424 g/mol. The summed E-state index contributed by atoms with van der Waals surface area (Å²) in [6.07, 6.45) is 3.78. The average Bonchev–Trinajstić information content (AvgIpc) is 3.03. The number of benzene rings is 1. The highest BCUT2D eigenvalue weighted by Gasteiger charge is 2.28. The first-order valence-corrected chi connectivity index (χ1v) is 11.6. The van der Waals surface area contributed by atoms with E-state index in [9.17, 15) is 8.42 Å².